The van der Waals surface area contributed by atoms with E-state index in [-0.39, 0.29) is 6.04 Å². The summed E-state index contributed by atoms with van der Waals surface area (Å²) in [5.41, 5.74) is 6.78. The highest BCUT2D eigenvalue weighted by molar-refractivity contribution is 5.97. The number of para-hydroxylation sites is 1. The molecule has 1 aromatic carbocycles. The number of amides is 3. The summed E-state index contributed by atoms with van der Waals surface area (Å²) in [5, 5.41) is 11.4. The van der Waals surface area contributed by atoms with Gasteiger partial charge in [-0.2, -0.15) is 0 Å². The molecule has 0 aliphatic carbocycles. The molecule has 7 heteroatoms. The first-order valence-electron chi connectivity index (χ1n) is 6.59. The fraction of sp³-hybridized carbons (Fsp3) is 0.357. The predicted molar refractivity (Wildman–Crippen MR) is 75.9 cm³/mol. The van der Waals surface area contributed by atoms with Crippen molar-refractivity contribution in [3.05, 3.63) is 29.8 Å². The van der Waals surface area contributed by atoms with Gasteiger partial charge >= 0.3 is 12.0 Å². The Hall–Kier alpha value is -2.57. The van der Waals surface area contributed by atoms with Gasteiger partial charge in [-0.25, -0.2) is 9.59 Å². The number of benzene rings is 1. The summed E-state index contributed by atoms with van der Waals surface area (Å²) in [5.74, 6) is -2.07. The van der Waals surface area contributed by atoms with E-state index >= 15 is 0 Å². The normalized spacial score (nSPS) is 18.0. The largest absolute Gasteiger partial charge is 0.480 e. The van der Waals surface area contributed by atoms with Gasteiger partial charge in [0.2, 0.25) is 5.91 Å². The zero-order valence-corrected chi connectivity index (χ0v) is 11.6. The fourth-order valence-corrected chi connectivity index (χ4v) is 2.49. The number of fused-ring (bicyclic) bond motifs is 1. The van der Waals surface area contributed by atoms with Gasteiger partial charge in [0.05, 0.1) is 6.42 Å². The van der Waals surface area contributed by atoms with Crippen LogP contribution in [0.5, 0.6) is 0 Å². The van der Waals surface area contributed by atoms with E-state index in [1.807, 2.05) is 31.2 Å². The summed E-state index contributed by atoms with van der Waals surface area (Å²) < 4.78 is 0. The molecule has 1 heterocycles. The number of nitrogens with zero attached hydrogens (tertiary/aromatic N) is 1. The van der Waals surface area contributed by atoms with E-state index in [2.05, 4.69) is 5.32 Å². The van der Waals surface area contributed by atoms with Crippen LogP contribution in [0, 0.1) is 0 Å². The fourth-order valence-electron chi connectivity index (χ4n) is 2.49. The highest BCUT2D eigenvalue weighted by atomic mass is 16.4. The molecule has 112 valence electrons. The zero-order valence-electron chi connectivity index (χ0n) is 11.6. The van der Waals surface area contributed by atoms with Gasteiger partial charge in [0.25, 0.3) is 0 Å². The third kappa shape index (κ3) is 3.13. The minimum Gasteiger partial charge on any atom is -0.480 e. The number of nitrogens with two attached hydrogens (primary N) is 1. The lowest BCUT2D eigenvalue weighted by Crippen LogP contribution is -2.51. The quantitative estimate of drug-likeness (QED) is 0.748. The number of rotatable bonds is 4. The highest BCUT2D eigenvalue weighted by Gasteiger charge is 2.33. The van der Waals surface area contributed by atoms with Gasteiger partial charge in [-0.05, 0) is 25.0 Å². The van der Waals surface area contributed by atoms with Gasteiger partial charge in [0.15, 0.2) is 0 Å². The Kier molecular flexibility index (Phi) is 4.11. The smallest absolute Gasteiger partial charge is 0.326 e. The lowest BCUT2D eigenvalue weighted by molar-refractivity contribution is -0.140. The van der Waals surface area contributed by atoms with E-state index in [4.69, 9.17) is 10.8 Å². The number of nitrogens with one attached hydrogen (secondary N) is 1. The maximum Gasteiger partial charge on any atom is 0.326 e. The van der Waals surface area contributed by atoms with E-state index < -0.39 is 30.4 Å². The van der Waals surface area contributed by atoms with E-state index in [9.17, 15) is 14.4 Å². The molecule has 1 aromatic rings. The van der Waals surface area contributed by atoms with Crippen molar-refractivity contribution in [2.45, 2.75) is 31.8 Å². The Labute approximate surface area is 121 Å². The number of carbonyl (C=O) groups excluding carboxylic acids is 2. The van der Waals surface area contributed by atoms with Gasteiger partial charge in [-0.3, -0.25) is 9.69 Å². The number of anilines is 1. The van der Waals surface area contributed by atoms with Gasteiger partial charge in [0, 0.05) is 11.7 Å². The summed E-state index contributed by atoms with van der Waals surface area (Å²) >= 11 is 0. The number of hydrogen-bond donors (Lipinski definition) is 3. The summed E-state index contributed by atoms with van der Waals surface area (Å²) in [4.78, 5) is 35.8. The van der Waals surface area contributed by atoms with E-state index in [0.29, 0.717) is 6.42 Å². The lowest BCUT2D eigenvalue weighted by Gasteiger charge is -2.25. The number of urea groups is 1. The summed E-state index contributed by atoms with van der Waals surface area (Å²) in [6, 6.07) is 5.50. The van der Waals surface area contributed by atoms with Gasteiger partial charge in [-0.1, -0.05) is 18.2 Å². The van der Waals surface area contributed by atoms with Crippen LogP contribution < -0.4 is 16.0 Å². The summed E-state index contributed by atoms with van der Waals surface area (Å²) in [6.07, 6.45) is 0.266. The van der Waals surface area contributed by atoms with Gasteiger partial charge in [-0.15, -0.1) is 0 Å². The van der Waals surface area contributed by atoms with Gasteiger partial charge < -0.3 is 16.2 Å². The Morgan fingerprint density at radius 3 is 2.71 bits per heavy atom. The standard InChI is InChI=1S/C14H17N3O4/c1-8-6-9-4-2-3-5-11(9)17(8)14(21)16-10(13(19)20)7-12(15)18/h2-5,8,10H,6-7H2,1H3,(H2,15,18)(H,16,21)(H,19,20). The molecule has 1 aliphatic rings. The Morgan fingerprint density at radius 2 is 2.10 bits per heavy atom. The van der Waals surface area contributed by atoms with E-state index in [0.717, 1.165) is 11.3 Å². The molecule has 0 saturated carbocycles. The molecule has 2 atom stereocenters. The van der Waals surface area contributed by atoms with Crippen LogP contribution in [0.15, 0.2) is 24.3 Å². The first-order chi connectivity index (χ1) is 9.90. The van der Waals surface area contributed by atoms with Crippen molar-refractivity contribution in [2.75, 3.05) is 4.90 Å². The third-order valence-corrected chi connectivity index (χ3v) is 3.43. The monoisotopic (exact) mass is 291 g/mol. The van der Waals surface area contributed by atoms with Gasteiger partial charge in [0.1, 0.15) is 6.04 Å². The molecule has 2 unspecified atom stereocenters. The molecule has 21 heavy (non-hydrogen) atoms. The molecular formula is C14H17N3O4. The van der Waals surface area contributed by atoms with Crippen molar-refractivity contribution in [3.63, 3.8) is 0 Å². The van der Waals surface area contributed by atoms with Crippen LogP contribution in [0.25, 0.3) is 0 Å². The first kappa shape index (κ1) is 14.8. The molecule has 0 bridgehead atoms. The van der Waals surface area contributed by atoms with E-state index in [1.165, 1.54) is 4.90 Å². The number of primary amides is 1. The number of carbonyl (C=O) groups is 3. The Balaban J connectivity index is 2.16. The molecule has 0 radical (unpaired) electrons. The molecular weight excluding hydrogens is 274 g/mol. The number of hydrogen-bond acceptors (Lipinski definition) is 3. The predicted octanol–water partition coefficient (Wildman–Crippen LogP) is 0.476. The van der Waals surface area contributed by atoms with Crippen LogP contribution in [0.3, 0.4) is 0 Å². The van der Waals surface area contributed by atoms with Crippen molar-refractivity contribution in [3.8, 4) is 0 Å². The van der Waals surface area contributed by atoms with Crippen molar-refractivity contribution >= 4 is 23.6 Å². The molecule has 0 saturated heterocycles. The van der Waals surface area contributed by atoms with Crippen LogP contribution in [-0.2, 0) is 16.0 Å². The molecule has 0 fully saturated rings. The minimum absolute atomic E-state index is 0.0783. The number of aliphatic carboxylic acids is 1. The van der Waals surface area contributed by atoms with Crippen LogP contribution in [0.2, 0.25) is 0 Å². The van der Waals surface area contributed by atoms with Crippen LogP contribution in [0.4, 0.5) is 10.5 Å². The second-order valence-electron chi connectivity index (χ2n) is 5.06. The van der Waals surface area contributed by atoms with Crippen molar-refractivity contribution in [1.29, 1.82) is 0 Å². The van der Waals surface area contributed by atoms with E-state index in [1.54, 1.807) is 0 Å². The van der Waals surface area contributed by atoms with Crippen LogP contribution >= 0.6 is 0 Å². The molecule has 4 N–H and O–H groups in total. The zero-order chi connectivity index (χ0) is 15.6. The molecule has 1 aliphatic heterocycles. The maximum atomic E-state index is 12.3. The minimum atomic E-state index is -1.32. The molecule has 2 rings (SSSR count). The molecule has 3 amide bonds. The van der Waals surface area contributed by atoms with Crippen LogP contribution in [0.1, 0.15) is 18.9 Å². The second-order valence-corrected chi connectivity index (χ2v) is 5.06. The highest BCUT2D eigenvalue weighted by Crippen LogP contribution is 2.31. The second kappa shape index (κ2) is 5.82. The molecule has 0 aromatic heterocycles. The Bertz CT molecular complexity index is 587. The number of carboxylic acids is 1. The first-order valence-corrected chi connectivity index (χ1v) is 6.59. The maximum absolute atomic E-state index is 12.3. The third-order valence-electron chi connectivity index (χ3n) is 3.43. The summed E-state index contributed by atoms with van der Waals surface area (Å²) in [6.45, 7) is 1.88. The van der Waals surface area contributed by atoms with Crippen molar-refractivity contribution < 1.29 is 19.5 Å². The average Bonchev–Trinajstić information content (AvgIpc) is 2.73. The lowest BCUT2D eigenvalue weighted by atomic mass is 10.1. The molecule has 7 nitrogen and oxygen atoms in total. The topological polar surface area (TPSA) is 113 Å². The molecule has 0 spiro atoms. The summed E-state index contributed by atoms with van der Waals surface area (Å²) in [7, 11) is 0. The van der Waals surface area contributed by atoms with Crippen LogP contribution in [-0.4, -0.2) is 35.1 Å². The Morgan fingerprint density at radius 1 is 1.43 bits per heavy atom. The number of carboxylic acid groups (broad SMARTS) is 1. The SMILES string of the molecule is CC1Cc2ccccc2N1C(=O)NC(CC(N)=O)C(=O)O. The van der Waals surface area contributed by atoms with Crippen molar-refractivity contribution in [1.82, 2.24) is 5.32 Å². The average molecular weight is 291 g/mol. The van der Waals surface area contributed by atoms with Crippen molar-refractivity contribution in [2.24, 2.45) is 5.73 Å².